The van der Waals surface area contributed by atoms with Gasteiger partial charge < -0.3 is 9.47 Å². The summed E-state index contributed by atoms with van der Waals surface area (Å²) >= 11 is 0. The molecule has 0 fully saturated rings. The Labute approximate surface area is 166 Å². The molecule has 8 heteroatoms. The molecule has 0 unspecified atom stereocenters. The normalized spacial score (nSPS) is 12.8. The topological polar surface area (TPSA) is 90.8 Å². The van der Waals surface area contributed by atoms with Crippen molar-refractivity contribution >= 4 is 24.1 Å². The van der Waals surface area contributed by atoms with Crippen LogP contribution in [0.5, 0.6) is 0 Å². The SMILES string of the molecule is CC(C)(C)OC(=O)C=Cc1cnc(N(OC(C)(C)C)C(=O)OC(C)(C)C)nc1. The number of anilines is 1. The average molecular weight is 393 g/mol. The molecule has 0 aliphatic rings. The molecule has 0 saturated carbocycles. The molecule has 1 heterocycles. The Balaban J connectivity index is 2.98. The first-order valence-corrected chi connectivity index (χ1v) is 9.01. The summed E-state index contributed by atoms with van der Waals surface area (Å²) in [6.07, 6.45) is 5.03. The lowest BCUT2D eigenvalue weighted by atomic mass is 10.2. The summed E-state index contributed by atoms with van der Waals surface area (Å²) in [5, 5.41) is 0.923. The Morgan fingerprint density at radius 2 is 1.36 bits per heavy atom. The molecule has 0 aliphatic heterocycles. The van der Waals surface area contributed by atoms with E-state index in [1.165, 1.54) is 24.5 Å². The second-order valence-electron chi connectivity index (χ2n) is 9.16. The predicted octanol–water partition coefficient (Wildman–Crippen LogP) is 4.30. The Kier molecular flexibility index (Phi) is 7.31. The maximum Gasteiger partial charge on any atom is 0.442 e. The molecule has 1 amide bonds. The number of hydroxylamine groups is 1. The minimum absolute atomic E-state index is 0.0265. The smallest absolute Gasteiger partial charge is 0.442 e. The lowest BCUT2D eigenvalue weighted by Crippen LogP contribution is -2.42. The first kappa shape index (κ1) is 23.6. The zero-order valence-corrected chi connectivity index (χ0v) is 18.2. The Morgan fingerprint density at radius 1 is 0.857 bits per heavy atom. The second-order valence-corrected chi connectivity index (χ2v) is 9.16. The molecular formula is C20H31N3O5. The molecule has 0 aromatic carbocycles. The lowest BCUT2D eigenvalue weighted by molar-refractivity contribution is -0.148. The summed E-state index contributed by atoms with van der Waals surface area (Å²) in [5.74, 6) is -0.443. The fourth-order valence-corrected chi connectivity index (χ4v) is 1.76. The van der Waals surface area contributed by atoms with E-state index < -0.39 is 28.9 Å². The van der Waals surface area contributed by atoms with Crippen molar-refractivity contribution in [1.82, 2.24) is 9.97 Å². The molecular weight excluding hydrogens is 362 g/mol. The van der Waals surface area contributed by atoms with E-state index in [0.717, 1.165) is 5.06 Å². The van der Waals surface area contributed by atoms with Crippen LogP contribution in [0.25, 0.3) is 6.08 Å². The molecule has 1 aromatic heterocycles. The van der Waals surface area contributed by atoms with Gasteiger partial charge >= 0.3 is 12.1 Å². The molecule has 156 valence electrons. The summed E-state index contributed by atoms with van der Waals surface area (Å²) in [4.78, 5) is 38.2. The first-order valence-electron chi connectivity index (χ1n) is 9.01. The van der Waals surface area contributed by atoms with Gasteiger partial charge in [0.1, 0.15) is 11.2 Å². The van der Waals surface area contributed by atoms with Crippen LogP contribution >= 0.6 is 0 Å². The third kappa shape index (κ3) is 9.45. The van der Waals surface area contributed by atoms with Crippen molar-refractivity contribution in [2.24, 2.45) is 0 Å². The zero-order valence-electron chi connectivity index (χ0n) is 18.2. The Hall–Kier alpha value is -2.48. The van der Waals surface area contributed by atoms with Crippen LogP contribution in [0.3, 0.4) is 0 Å². The van der Waals surface area contributed by atoms with Gasteiger partial charge in [0.15, 0.2) is 0 Å². The van der Waals surface area contributed by atoms with Crippen LogP contribution in [-0.2, 0) is 19.1 Å². The van der Waals surface area contributed by atoms with E-state index in [1.807, 2.05) is 0 Å². The van der Waals surface area contributed by atoms with E-state index in [4.69, 9.17) is 14.3 Å². The highest BCUT2D eigenvalue weighted by molar-refractivity contribution is 5.87. The highest BCUT2D eigenvalue weighted by Gasteiger charge is 2.30. The van der Waals surface area contributed by atoms with Crippen molar-refractivity contribution in [2.45, 2.75) is 79.1 Å². The molecule has 0 bridgehead atoms. The van der Waals surface area contributed by atoms with Gasteiger partial charge in [0.25, 0.3) is 5.95 Å². The van der Waals surface area contributed by atoms with Crippen molar-refractivity contribution < 1.29 is 23.9 Å². The van der Waals surface area contributed by atoms with Crippen molar-refractivity contribution in [2.75, 3.05) is 5.06 Å². The number of amides is 1. The monoisotopic (exact) mass is 393 g/mol. The van der Waals surface area contributed by atoms with Gasteiger partial charge in [-0.15, -0.1) is 5.06 Å². The summed E-state index contributed by atoms with van der Waals surface area (Å²) in [7, 11) is 0. The summed E-state index contributed by atoms with van der Waals surface area (Å²) in [6, 6.07) is 0. The van der Waals surface area contributed by atoms with E-state index in [2.05, 4.69) is 9.97 Å². The van der Waals surface area contributed by atoms with Crippen molar-refractivity contribution in [1.29, 1.82) is 0 Å². The third-order valence-corrected chi connectivity index (χ3v) is 2.58. The quantitative estimate of drug-likeness (QED) is 0.428. The van der Waals surface area contributed by atoms with E-state index in [1.54, 1.807) is 62.3 Å². The number of ether oxygens (including phenoxy) is 2. The fourth-order valence-electron chi connectivity index (χ4n) is 1.76. The minimum Gasteiger partial charge on any atom is -0.457 e. The van der Waals surface area contributed by atoms with Crippen LogP contribution in [-0.4, -0.2) is 38.8 Å². The van der Waals surface area contributed by atoms with E-state index >= 15 is 0 Å². The summed E-state index contributed by atoms with van der Waals surface area (Å²) < 4.78 is 10.6. The number of aromatic nitrogens is 2. The van der Waals surface area contributed by atoms with Gasteiger partial charge in [-0.25, -0.2) is 19.6 Å². The van der Waals surface area contributed by atoms with Crippen LogP contribution in [0.15, 0.2) is 18.5 Å². The van der Waals surface area contributed by atoms with Crippen molar-refractivity contribution in [3.05, 3.63) is 24.0 Å². The second kappa shape index (κ2) is 8.68. The number of esters is 1. The number of rotatable bonds is 4. The minimum atomic E-state index is -0.723. The average Bonchev–Trinajstić information content (AvgIpc) is 2.47. The van der Waals surface area contributed by atoms with E-state index in [0.29, 0.717) is 5.56 Å². The number of carbonyl (C=O) groups is 2. The van der Waals surface area contributed by atoms with Gasteiger partial charge in [-0.05, 0) is 68.4 Å². The number of hydrogen-bond acceptors (Lipinski definition) is 7. The largest absolute Gasteiger partial charge is 0.457 e. The molecule has 28 heavy (non-hydrogen) atoms. The molecule has 0 aliphatic carbocycles. The molecule has 0 saturated heterocycles. The fraction of sp³-hybridized carbons (Fsp3) is 0.600. The van der Waals surface area contributed by atoms with Crippen LogP contribution in [0, 0.1) is 0 Å². The summed E-state index contributed by atoms with van der Waals surface area (Å²) in [6.45, 7) is 16.0. The molecule has 1 aromatic rings. The van der Waals surface area contributed by atoms with Crippen LogP contribution < -0.4 is 5.06 Å². The van der Waals surface area contributed by atoms with E-state index in [9.17, 15) is 9.59 Å². The first-order chi connectivity index (χ1) is 12.6. The van der Waals surface area contributed by atoms with Crippen LogP contribution in [0.2, 0.25) is 0 Å². The molecule has 0 atom stereocenters. The number of nitrogens with zero attached hydrogens (tertiary/aromatic N) is 3. The van der Waals surface area contributed by atoms with Gasteiger partial charge in [0.2, 0.25) is 0 Å². The Morgan fingerprint density at radius 3 is 1.79 bits per heavy atom. The van der Waals surface area contributed by atoms with Crippen molar-refractivity contribution in [3.63, 3.8) is 0 Å². The van der Waals surface area contributed by atoms with Gasteiger partial charge in [-0.3, -0.25) is 4.84 Å². The lowest BCUT2D eigenvalue weighted by Gasteiger charge is -2.30. The van der Waals surface area contributed by atoms with Crippen LogP contribution in [0.4, 0.5) is 10.7 Å². The highest BCUT2D eigenvalue weighted by Crippen LogP contribution is 2.20. The molecule has 1 rings (SSSR count). The maximum atomic E-state index is 12.5. The summed E-state index contributed by atoms with van der Waals surface area (Å²) in [5.41, 5.74) is -1.38. The number of carbonyl (C=O) groups excluding carboxylic acids is 2. The van der Waals surface area contributed by atoms with Crippen LogP contribution in [0.1, 0.15) is 67.9 Å². The maximum absolute atomic E-state index is 12.5. The molecule has 8 nitrogen and oxygen atoms in total. The number of hydrogen-bond donors (Lipinski definition) is 0. The van der Waals surface area contributed by atoms with Gasteiger partial charge in [0.05, 0.1) is 5.60 Å². The third-order valence-electron chi connectivity index (χ3n) is 2.58. The zero-order chi connectivity index (χ0) is 21.8. The molecule has 0 radical (unpaired) electrons. The van der Waals surface area contributed by atoms with E-state index in [-0.39, 0.29) is 5.95 Å². The predicted molar refractivity (Wildman–Crippen MR) is 106 cm³/mol. The van der Waals surface area contributed by atoms with Gasteiger partial charge in [-0.2, -0.15) is 0 Å². The molecule has 0 spiro atoms. The van der Waals surface area contributed by atoms with Crippen molar-refractivity contribution in [3.8, 4) is 0 Å². The molecule has 0 N–H and O–H groups in total. The highest BCUT2D eigenvalue weighted by atomic mass is 16.7. The van der Waals surface area contributed by atoms with Gasteiger partial charge in [-0.1, -0.05) is 0 Å². The van der Waals surface area contributed by atoms with Gasteiger partial charge in [0, 0.05) is 24.0 Å². The standard InChI is InChI=1S/C20H31N3O5/c1-18(2,3)26-15(24)11-10-14-12-21-16(22-13-14)23(28-20(7,8)9)17(25)27-19(4,5)6/h10-13H,1-9H3. The Bertz CT molecular complexity index is 707.